The van der Waals surface area contributed by atoms with Crippen LogP contribution in [0.3, 0.4) is 0 Å². The normalized spacial score (nSPS) is 10.9. The molecule has 0 amide bonds. The lowest BCUT2D eigenvalue weighted by Gasteiger charge is -2.20. The minimum Gasteiger partial charge on any atom is -0.481 e. The summed E-state index contributed by atoms with van der Waals surface area (Å²) in [5.41, 5.74) is 0. The van der Waals surface area contributed by atoms with Crippen molar-refractivity contribution in [2.45, 2.75) is 19.9 Å². The highest BCUT2D eigenvalue weighted by Crippen LogP contribution is 2.09. The van der Waals surface area contributed by atoms with Crippen LogP contribution < -0.4 is 10.1 Å². The number of methoxy groups -OCH3 is 1. The van der Waals surface area contributed by atoms with E-state index >= 15 is 0 Å². The summed E-state index contributed by atoms with van der Waals surface area (Å²) in [5.74, 6) is 1.37. The first kappa shape index (κ1) is 12.7. The van der Waals surface area contributed by atoms with Gasteiger partial charge in [-0.15, -0.1) is 0 Å². The highest BCUT2D eigenvalue weighted by atomic mass is 16.5. The van der Waals surface area contributed by atoms with Crippen LogP contribution in [0.1, 0.15) is 13.8 Å². The third-order valence-electron chi connectivity index (χ3n) is 2.50. The van der Waals surface area contributed by atoms with Crippen molar-refractivity contribution < 1.29 is 4.74 Å². The molecule has 5 nitrogen and oxygen atoms in total. The van der Waals surface area contributed by atoms with Gasteiger partial charge in [-0.2, -0.15) is 0 Å². The molecule has 0 aliphatic rings. The molecule has 0 aromatic carbocycles. The first-order chi connectivity index (χ1) is 7.63. The van der Waals surface area contributed by atoms with E-state index in [1.54, 1.807) is 13.2 Å². The van der Waals surface area contributed by atoms with E-state index in [1.807, 2.05) is 0 Å². The molecule has 1 aromatic heterocycles. The van der Waals surface area contributed by atoms with Crippen molar-refractivity contribution in [2.75, 3.05) is 32.6 Å². The van der Waals surface area contributed by atoms with E-state index in [-0.39, 0.29) is 0 Å². The molecule has 16 heavy (non-hydrogen) atoms. The minimum atomic E-state index is 0.557. The van der Waals surface area contributed by atoms with E-state index in [0.29, 0.717) is 11.9 Å². The molecule has 0 fully saturated rings. The van der Waals surface area contributed by atoms with Crippen molar-refractivity contribution in [1.82, 2.24) is 14.9 Å². The van der Waals surface area contributed by atoms with Crippen molar-refractivity contribution in [3.05, 3.63) is 12.4 Å². The van der Waals surface area contributed by atoms with Crippen molar-refractivity contribution in [3.63, 3.8) is 0 Å². The highest BCUT2D eigenvalue weighted by molar-refractivity contribution is 5.36. The van der Waals surface area contributed by atoms with Crippen LogP contribution in [0.15, 0.2) is 12.4 Å². The highest BCUT2D eigenvalue weighted by Gasteiger charge is 2.02. The van der Waals surface area contributed by atoms with Gasteiger partial charge in [0.1, 0.15) is 12.1 Å². The molecule has 90 valence electrons. The Morgan fingerprint density at radius 2 is 2.19 bits per heavy atom. The van der Waals surface area contributed by atoms with Gasteiger partial charge in [-0.05, 0) is 20.9 Å². The number of rotatable bonds is 6. The van der Waals surface area contributed by atoms with Crippen LogP contribution in [0.4, 0.5) is 5.82 Å². The molecule has 0 aliphatic heterocycles. The second kappa shape index (κ2) is 6.27. The topological polar surface area (TPSA) is 50.3 Å². The Morgan fingerprint density at radius 3 is 2.81 bits per heavy atom. The quantitative estimate of drug-likeness (QED) is 0.787. The van der Waals surface area contributed by atoms with E-state index in [2.05, 4.69) is 41.1 Å². The molecular weight excluding hydrogens is 204 g/mol. The summed E-state index contributed by atoms with van der Waals surface area (Å²) in [6, 6.07) is 2.34. The predicted octanol–water partition coefficient (Wildman–Crippen LogP) is 1.24. The molecule has 0 spiro atoms. The Kier molecular flexibility index (Phi) is 4.98. The zero-order valence-corrected chi connectivity index (χ0v) is 10.4. The lowest BCUT2D eigenvalue weighted by Crippen LogP contribution is -2.31. The summed E-state index contributed by atoms with van der Waals surface area (Å²) in [6.07, 6.45) is 1.49. The van der Waals surface area contributed by atoms with Crippen LogP contribution in [-0.2, 0) is 0 Å². The maximum atomic E-state index is 5.02. The summed E-state index contributed by atoms with van der Waals surface area (Å²) >= 11 is 0. The van der Waals surface area contributed by atoms with Crippen molar-refractivity contribution in [3.8, 4) is 5.88 Å². The van der Waals surface area contributed by atoms with Gasteiger partial charge < -0.3 is 15.0 Å². The van der Waals surface area contributed by atoms with Gasteiger partial charge in [-0.1, -0.05) is 0 Å². The number of likely N-dealkylation sites (N-methyl/N-ethyl adjacent to an activating group) is 1. The Morgan fingerprint density at radius 1 is 1.44 bits per heavy atom. The molecular formula is C11H20N4O. The zero-order chi connectivity index (χ0) is 12.0. The maximum Gasteiger partial charge on any atom is 0.218 e. The Hall–Kier alpha value is -1.36. The van der Waals surface area contributed by atoms with Crippen LogP contribution in [0, 0.1) is 0 Å². The monoisotopic (exact) mass is 224 g/mol. The largest absolute Gasteiger partial charge is 0.481 e. The number of anilines is 1. The molecule has 0 unspecified atom stereocenters. The molecule has 1 aromatic rings. The van der Waals surface area contributed by atoms with Crippen molar-refractivity contribution in [1.29, 1.82) is 0 Å². The smallest absolute Gasteiger partial charge is 0.218 e. The first-order valence-corrected chi connectivity index (χ1v) is 5.43. The van der Waals surface area contributed by atoms with Crippen LogP contribution in [0.2, 0.25) is 0 Å². The van der Waals surface area contributed by atoms with Gasteiger partial charge >= 0.3 is 0 Å². The molecule has 1 N–H and O–H groups in total. The predicted molar refractivity (Wildman–Crippen MR) is 64.8 cm³/mol. The van der Waals surface area contributed by atoms with E-state index in [1.165, 1.54) is 6.33 Å². The van der Waals surface area contributed by atoms with E-state index < -0.39 is 0 Å². The van der Waals surface area contributed by atoms with Gasteiger partial charge in [0.2, 0.25) is 5.88 Å². The fraction of sp³-hybridized carbons (Fsp3) is 0.636. The molecule has 0 bridgehead atoms. The SMILES string of the molecule is COc1cc(NCCN(C)C(C)C)ncn1. The van der Waals surface area contributed by atoms with Gasteiger partial charge in [0.25, 0.3) is 0 Å². The third-order valence-corrected chi connectivity index (χ3v) is 2.50. The molecule has 1 rings (SSSR count). The summed E-state index contributed by atoms with van der Waals surface area (Å²) in [7, 11) is 3.70. The average Bonchev–Trinajstić information content (AvgIpc) is 2.29. The second-order valence-electron chi connectivity index (χ2n) is 3.95. The van der Waals surface area contributed by atoms with Gasteiger partial charge in [0.15, 0.2) is 0 Å². The van der Waals surface area contributed by atoms with Gasteiger partial charge in [0, 0.05) is 25.2 Å². The van der Waals surface area contributed by atoms with Crippen LogP contribution >= 0.6 is 0 Å². The zero-order valence-electron chi connectivity index (χ0n) is 10.4. The molecule has 0 radical (unpaired) electrons. The fourth-order valence-electron chi connectivity index (χ4n) is 1.17. The summed E-state index contributed by atoms with van der Waals surface area (Å²) in [6.45, 7) is 6.18. The molecule has 0 saturated carbocycles. The van der Waals surface area contributed by atoms with Gasteiger partial charge in [0.05, 0.1) is 7.11 Å². The lowest BCUT2D eigenvalue weighted by molar-refractivity contribution is 0.284. The standard InChI is InChI=1S/C11H20N4O/c1-9(2)15(3)6-5-12-10-7-11(16-4)14-8-13-10/h7-9H,5-6H2,1-4H3,(H,12,13,14). The lowest BCUT2D eigenvalue weighted by atomic mass is 10.3. The van der Waals surface area contributed by atoms with Crippen LogP contribution in [0.25, 0.3) is 0 Å². The number of nitrogens with zero attached hydrogens (tertiary/aromatic N) is 3. The number of ether oxygens (including phenoxy) is 1. The van der Waals surface area contributed by atoms with Crippen molar-refractivity contribution in [2.24, 2.45) is 0 Å². The molecule has 1 heterocycles. The maximum absolute atomic E-state index is 5.02. The van der Waals surface area contributed by atoms with Gasteiger partial charge in [-0.3, -0.25) is 0 Å². The summed E-state index contributed by atoms with van der Waals surface area (Å²) in [5, 5.41) is 3.23. The Balaban J connectivity index is 2.37. The first-order valence-electron chi connectivity index (χ1n) is 5.43. The molecule has 0 aliphatic carbocycles. The minimum absolute atomic E-state index is 0.557. The molecule has 0 atom stereocenters. The Labute approximate surface area is 96.8 Å². The van der Waals surface area contributed by atoms with Crippen LogP contribution in [0.5, 0.6) is 5.88 Å². The van der Waals surface area contributed by atoms with Crippen LogP contribution in [-0.4, -0.2) is 48.2 Å². The van der Waals surface area contributed by atoms with E-state index in [0.717, 1.165) is 18.9 Å². The summed E-state index contributed by atoms with van der Waals surface area (Å²) < 4.78 is 5.02. The Bertz CT molecular complexity index is 317. The molecule has 5 heteroatoms. The number of hydrogen-bond donors (Lipinski definition) is 1. The molecule has 0 saturated heterocycles. The average molecular weight is 224 g/mol. The number of hydrogen-bond acceptors (Lipinski definition) is 5. The van der Waals surface area contributed by atoms with Gasteiger partial charge in [-0.25, -0.2) is 9.97 Å². The van der Waals surface area contributed by atoms with Crippen molar-refractivity contribution >= 4 is 5.82 Å². The second-order valence-corrected chi connectivity index (χ2v) is 3.95. The van der Waals surface area contributed by atoms with E-state index in [9.17, 15) is 0 Å². The third kappa shape index (κ3) is 4.02. The fourth-order valence-corrected chi connectivity index (χ4v) is 1.17. The number of aromatic nitrogens is 2. The summed E-state index contributed by atoms with van der Waals surface area (Å²) in [4.78, 5) is 10.3. The number of nitrogens with one attached hydrogen (secondary N) is 1. The van der Waals surface area contributed by atoms with E-state index in [4.69, 9.17) is 4.74 Å².